The fraction of sp³-hybridized carbons (Fsp3) is 0.278. The van der Waals surface area contributed by atoms with Gasteiger partial charge in [0.25, 0.3) is 5.91 Å². The van der Waals surface area contributed by atoms with Crippen molar-refractivity contribution >= 4 is 23.2 Å². The first-order chi connectivity index (χ1) is 10.5. The molecule has 0 spiro atoms. The van der Waals surface area contributed by atoms with Crippen LogP contribution in [-0.4, -0.2) is 12.0 Å². The molecule has 0 saturated carbocycles. The molecule has 0 saturated heterocycles. The first kappa shape index (κ1) is 16.4. The standard InChI is InChI=1S/C18H20ClNO2/c1-4-16(22-17-11-7-8-12(2)13(17)3)18(21)20-15-10-6-5-9-14(15)19/h5-11,16H,4H2,1-3H3,(H,20,21)/t16-/m0/s1. The van der Waals surface area contributed by atoms with Crippen LogP contribution in [0.15, 0.2) is 42.5 Å². The lowest BCUT2D eigenvalue weighted by atomic mass is 10.1. The van der Waals surface area contributed by atoms with Gasteiger partial charge in [0.15, 0.2) is 6.10 Å². The van der Waals surface area contributed by atoms with E-state index < -0.39 is 6.10 Å². The van der Waals surface area contributed by atoms with Gasteiger partial charge in [0.2, 0.25) is 0 Å². The van der Waals surface area contributed by atoms with E-state index >= 15 is 0 Å². The van der Waals surface area contributed by atoms with E-state index in [2.05, 4.69) is 5.32 Å². The van der Waals surface area contributed by atoms with E-state index in [1.165, 1.54) is 0 Å². The summed E-state index contributed by atoms with van der Waals surface area (Å²) in [6, 6.07) is 13.0. The summed E-state index contributed by atoms with van der Waals surface area (Å²) in [6.45, 7) is 5.93. The number of aryl methyl sites for hydroxylation is 1. The van der Waals surface area contributed by atoms with Crippen LogP contribution in [0.4, 0.5) is 5.69 Å². The Hall–Kier alpha value is -2.00. The van der Waals surface area contributed by atoms with Gasteiger partial charge in [-0.3, -0.25) is 4.79 Å². The molecule has 0 bridgehead atoms. The van der Waals surface area contributed by atoms with Crippen molar-refractivity contribution in [1.82, 2.24) is 0 Å². The van der Waals surface area contributed by atoms with Gasteiger partial charge in [0, 0.05) is 0 Å². The van der Waals surface area contributed by atoms with E-state index in [1.807, 2.05) is 51.1 Å². The number of benzene rings is 2. The van der Waals surface area contributed by atoms with Crippen molar-refractivity contribution < 1.29 is 9.53 Å². The molecule has 0 heterocycles. The lowest BCUT2D eigenvalue weighted by molar-refractivity contribution is -0.122. The van der Waals surface area contributed by atoms with Gasteiger partial charge in [-0.25, -0.2) is 0 Å². The van der Waals surface area contributed by atoms with Crippen LogP contribution in [0.3, 0.4) is 0 Å². The highest BCUT2D eigenvalue weighted by atomic mass is 35.5. The number of hydrogen-bond acceptors (Lipinski definition) is 2. The fourth-order valence-electron chi connectivity index (χ4n) is 2.10. The van der Waals surface area contributed by atoms with Gasteiger partial charge >= 0.3 is 0 Å². The topological polar surface area (TPSA) is 38.3 Å². The quantitative estimate of drug-likeness (QED) is 0.864. The van der Waals surface area contributed by atoms with Crippen LogP contribution in [0.2, 0.25) is 5.02 Å². The van der Waals surface area contributed by atoms with Gasteiger partial charge in [-0.2, -0.15) is 0 Å². The molecular formula is C18H20ClNO2. The minimum absolute atomic E-state index is 0.198. The van der Waals surface area contributed by atoms with E-state index in [1.54, 1.807) is 12.1 Å². The van der Waals surface area contributed by atoms with Crippen LogP contribution in [-0.2, 0) is 4.79 Å². The molecule has 1 amide bonds. The van der Waals surface area contributed by atoms with Crippen LogP contribution in [0.25, 0.3) is 0 Å². The number of carbonyl (C=O) groups is 1. The molecule has 0 unspecified atom stereocenters. The third-order valence-electron chi connectivity index (χ3n) is 3.62. The zero-order chi connectivity index (χ0) is 16.1. The normalized spacial score (nSPS) is 11.8. The average Bonchev–Trinajstić information content (AvgIpc) is 2.51. The summed E-state index contributed by atoms with van der Waals surface area (Å²) in [5.41, 5.74) is 2.78. The van der Waals surface area contributed by atoms with Crippen molar-refractivity contribution in [2.75, 3.05) is 5.32 Å². The van der Waals surface area contributed by atoms with Crippen LogP contribution >= 0.6 is 11.6 Å². The highest BCUT2D eigenvalue weighted by Crippen LogP contribution is 2.24. The second-order valence-corrected chi connectivity index (χ2v) is 5.59. The van der Waals surface area contributed by atoms with Crippen molar-refractivity contribution in [3.63, 3.8) is 0 Å². The minimum atomic E-state index is -0.559. The summed E-state index contributed by atoms with van der Waals surface area (Å²) in [4.78, 5) is 12.4. The van der Waals surface area contributed by atoms with E-state index in [0.29, 0.717) is 17.1 Å². The number of nitrogens with one attached hydrogen (secondary N) is 1. The first-order valence-electron chi connectivity index (χ1n) is 7.31. The fourth-order valence-corrected chi connectivity index (χ4v) is 2.29. The number of halogens is 1. The molecule has 1 N–H and O–H groups in total. The number of ether oxygens (including phenoxy) is 1. The SMILES string of the molecule is CC[C@H](Oc1cccc(C)c1C)C(=O)Nc1ccccc1Cl. The lowest BCUT2D eigenvalue weighted by Crippen LogP contribution is -2.32. The number of carbonyl (C=O) groups excluding carboxylic acids is 1. The number of para-hydroxylation sites is 1. The van der Waals surface area contributed by atoms with Crippen LogP contribution in [0, 0.1) is 13.8 Å². The molecule has 2 aromatic carbocycles. The Morgan fingerprint density at radius 1 is 1.18 bits per heavy atom. The van der Waals surface area contributed by atoms with Crippen molar-refractivity contribution in [3.8, 4) is 5.75 Å². The molecule has 0 aliphatic carbocycles. The van der Waals surface area contributed by atoms with E-state index in [9.17, 15) is 4.79 Å². The molecule has 4 heteroatoms. The maximum absolute atomic E-state index is 12.4. The first-order valence-corrected chi connectivity index (χ1v) is 7.69. The second-order valence-electron chi connectivity index (χ2n) is 5.18. The van der Waals surface area contributed by atoms with Crippen molar-refractivity contribution in [2.24, 2.45) is 0 Å². The smallest absolute Gasteiger partial charge is 0.265 e. The molecule has 2 rings (SSSR count). The highest BCUT2D eigenvalue weighted by molar-refractivity contribution is 6.33. The largest absolute Gasteiger partial charge is 0.480 e. The molecular weight excluding hydrogens is 298 g/mol. The monoisotopic (exact) mass is 317 g/mol. The molecule has 0 aromatic heterocycles. The number of rotatable bonds is 5. The van der Waals surface area contributed by atoms with Gasteiger partial charge in [0.05, 0.1) is 10.7 Å². The number of hydrogen-bond donors (Lipinski definition) is 1. The minimum Gasteiger partial charge on any atom is -0.480 e. The average molecular weight is 318 g/mol. The van der Waals surface area contributed by atoms with Crippen LogP contribution in [0.5, 0.6) is 5.75 Å². The molecule has 0 radical (unpaired) electrons. The number of amides is 1. The maximum Gasteiger partial charge on any atom is 0.265 e. The summed E-state index contributed by atoms with van der Waals surface area (Å²) in [6.07, 6.45) is 0.0145. The summed E-state index contributed by atoms with van der Waals surface area (Å²) in [5, 5.41) is 3.33. The van der Waals surface area contributed by atoms with Crippen molar-refractivity contribution in [2.45, 2.75) is 33.3 Å². The third-order valence-corrected chi connectivity index (χ3v) is 3.95. The molecule has 1 atom stereocenters. The molecule has 0 aliphatic rings. The zero-order valence-electron chi connectivity index (χ0n) is 13.0. The van der Waals surface area contributed by atoms with Crippen LogP contribution < -0.4 is 10.1 Å². The lowest BCUT2D eigenvalue weighted by Gasteiger charge is -2.19. The van der Waals surface area contributed by atoms with Gasteiger partial charge < -0.3 is 10.1 Å². The predicted molar refractivity (Wildman–Crippen MR) is 90.7 cm³/mol. The summed E-state index contributed by atoms with van der Waals surface area (Å²) < 4.78 is 5.89. The zero-order valence-corrected chi connectivity index (χ0v) is 13.8. The van der Waals surface area contributed by atoms with E-state index in [4.69, 9.17) is 16.3 Å². The Morgan fingerprint density at radius 3 is 2.59 bits per heavy atom. The summed E-state index contributed by atoms with van der Waals surface area (Å²) in [7, 11) is 0. The Kier molecular flexibility index (Phi) is 5.45. The Bertz CT molecular complexity index is 670. The second kappa shape index (κ2) is 7.32. The van der Waals surface area contributed by atoms with Crippen molar-refractivity contribution in [1.29, 1.82) is 0 Å². The van der Waals surface area contributed by atoms with Crippen molar-refractivity contribution in [3.05, 3.63) is 58.6 Å². The van der Waals surface area contributed by atoms with E-state index in [0.717, 1.165) is 16.9 Å². The molecule has 116 valence electrons. The van der Waals surface area contributed by atoms with Gasteiger partial charge in [-0.05, 0) is 49.6 Å². The van der Waals surface area contributed by atoms with Gasteiger partial charge in [0.1, 0.15) is 5.75 Å². The van der Waals surface area contributed by atoms with Gasteiger partial charge in [-0.15, -0.1) is 0 Å². The molecule has 2 aromatic rings. The molecule has 0 aliphatic heterocycles. The van der Waals surface area contributed by atoms with Gasteiger partial charge in [-0.1, -0.05) is 42.8 Å². The Morgan fingerprint density at radius 2 is 1.91 bits per heavy atom. The molecule has 0 fully saturated rings. The Balaban J connectivity index is 2.13. The highest BCUT2D eigenvalue weighted by Gasteiger charge is 2.20. The Labute approximate surface area is 136 Å². The molecule has 3 nitrogen and oxygen atoms in total. The number of anilines is 1. The summed E-state index contributed by atoms with van der Waals surface area (Å²) in [5.74, 6) is 0.540. The third kappa shape index (κ3) is 3.80. The predicted octanol–water partition coefficient (Wildman–Crippen LogP) is 4.75. The van der Waals surface area contributed by atoms with E-state index in [-0.39, 0.29) is 5.91 Å². The summed E-state index contributed by atoms with van der Waals surface area (Å²) >= 11 is 6.07. The molecule has 22 heavy (non-hydrogen) atoms. The van der Waals surface area contributed by atoms with Crippen LogP contribution in [0.1, 0.15) is 24.5 Å². The maximum atomic E-state index is 12.4.